The van der Waals surface area contributed by atoms with Crippen molar-refractivity contribution in [3.05, 3.63) is 35.9 Å². The van der Waals surface area contributed by atoms with Gasteiger partial charge in [-0.15, -0.1) is 23.2 Å². The van der Waals surface area contributed by atoms with Crippen LogP contribution in [0.15, 0.2) is 30.3 Å². The van der Waals surface area contributed by atoms with Gasteiger partial charge in [-0.05, 0) is 25.2 Å². The van der Waals surface area contributed by atoms with Gasteiger partial charge in [0.2, 0.25) is 0 Å². The van der Waals surface area contributed by atoms with Crippen molar-refractivity contribution < 1.29 is 4.79 Å². The second-order valence-corrected chi connectivity index (χ2v) is 5.86. The van der Waals surface area contributed by atoms with Gasteiger partial charge in [-0.1, -0.05) is 30.3 Å². The molecule has 1 aromatic rings. The van der Waals surface area contributed by atoms with Crippen LogP contribution in [0.5, 0.6) is 0 Å². The first-order valence-corrected chi connectivity index (χ1v) is 6.90. The van der Waals surface area contributed by atoms with Crippen LogP contribution in [0.25, 0.3) is 0 Å². The number of hydrogen-bond acceptors (Lipinski definition) is 1. The maximum Gasteiger partial charge on any atom is 0.163 e. The average Bonchev–Trinajstić information content (AvgIpc) is 2.35. The smallest absolute Gasteiger partial charge is 0.163 e. The molecule has 1 nitrogen and oxygen atoms in total. The van der Waals surface area contributed by atoms with Crippen LogP contribution in [0, 0.1) is 5.92 Å². The molecular weight excluding hydrogens is 255 g/mol. The highest BCUT2D eigenvalue weighted by atomic mass is 35.5. The van der Waals surface area contributed by atoms with Crippen molar-refractivity contribution in [2.24, 2.45) is 5.92 Å². The first kappa shape index (κ1) is 12.9. The van der Waals surface area contributed by atoms with E-state index in [4.69, 9.17) is 23.2 Å². The molecule has 1 aliphatic rings. The maximum atomic E-state index is 12.1. The van der Waals surface area contributed by atoms with Crippen LogP contribution in [-0.2, 0) is 0 Å². The largest absolute Gasteiger partial charge is 0.294 e. The summed E-state index contributed by atoms with van der Waals surface area (Å²) in [4.78, 5) is 12.1. The summed E-state index contributed by atoms with van der Waals surface area (Å²) < 4.78 is 0. The molecule has 1 aromatic carbocycles. The summed E-state index contributed by atoms with van der Waals surface area (Å²) in [6, 6.07) is 9.39. The van der Waals surface area contributed by atoms with E-state index in [1.54, 1.807) is 0 Å². The van der Waals surface area contributed by atoms with E-state index in [2.05, 4.69) is 0 Å². The van der Waals surface area contributed by atoms with Crippen molar-refractivity contribution in [2.45, 2.75) is 36.4 Å². The SMILES string of the molecule is O=C(CC1CC(Cl)CCC1Cl)c1ccccc1. The third-order valence-electron chi connectivity index (χ3n) is 3.37. The molecule has 1 fully saturated rings. The highest BCUT2D eigenvalue weighted by Crippen LogP contribution is 2.34. The first-order chi connectivity index (χ1) is 8.16. The Morgan fingerprint density at radius 3 is 2.59 bits per heavy atom. The van der Waals surface area contributed by atoms with Crippen molar-refractivity contribution in [2.75, 3.05) is 0 Å². The quantitative estimate of drug-likeness (QED) is 0.592. The van der Waals surface area contributed by atoms with Crippen molar-refractivity contribution in [1.29, 1.82) is 0 Å². The first-order valence-electron chi connectivity index (χ1n) is 6.03. The van der Waals surface area contributed by atoms with Crippen molar-refractivity contribution in [1.82, 2.24) is 0 Å². The van der Waals surface area contributed by atoms with Gasteiger partial charge in [-0.25, -0.2) is 0 Å². The fourth-order valence-corrected chi connectivity index (χ4v) is 3.03. The Balaban J connectivity index is 1.98. The number of halogens is 2. The standard InChI is InChI=1S/C14H16Cl2O/c15-12-6-7-13(16)11(8-12)9-14(17)10-4-2-1-3-5-10/h1-5,11-13H,6-9H2. The number of carbonyl (C=O) groups excluding carboxylic acids is 1. The molecule has 1 saturated carbocycles. The summed E-state index contributed by atoms with van der Waals surface area (Å²) >= 11 is 12.4. The molecule has 0 aliphatic heterocycles. The maximum absolute atomic E-state index is 12.1. The summed E-state index contributed by atoms with van der Waals surface area (Å²) in [5.74, 6) is 0.396. The minimum absolute atomic E-state index is 0.0951. The summed E-state index contributed by atoms with van der Waals surface area (Å²) in [5.41, 5.74) is 0.771. The molecule has 17 heavy (non-hydrogen) atoms. The fraction of sp³-hybridized carbons (Fsp3) is 0.500. The molecule has 0 heterocycles. The van der Waals surface area contributed by atoms with E-state index >= 15 is 0 Å². The van der Waals surface area contributed by atoms with Gasteiger partial charge in [0, 0.05) is 22.7 Å². The van der Waals surface area contributed by atoms with E-state index in [-0.39, 0.29) is 22.5 Å². The molecule has 0 N–H and O–H groups in total. The van der Waals surface area contributed by atoms with E-state index in [0.717, 1.165) is 24.8 Å². The average molecular weight is 271 g/mol. The van der Waals surface area contributed by atoms with Crippen molar-refractivity contribution in [3.63, 3.8) is 0 Å². The van der Waals surface area contributed by atoms with Gasteiger partial charge in [0.25, 0.3) is 0 Å². The Morgan fingerprint density at radius 1 is 1.18 bits per heavy atom. The monoisotopic (exact) mass is 270 g/mol. The summed E-state index contributed by atoms with van der Waals surface area (Å²) in [6.45, 7) is 0. The van der Waals surface area contributed by atoms with E-state index < -0.39 is 0 Å². The Hall–Kier alpha value is -0.530. The molecule has 3 unspecified atom stereocenters. The molecule has 0 bridgehead atoms. The molecule has 3 atom stereocenters. The van der Waals surface area contributed by atoms with Gasteiger partial charge >= 0.3 is 0 Å². The molecule has 0 amide bonds. The Kier molecular flexibility index (Phi) is 4.47. The predicted molar refractivity (Wildman–Crippen MR) is 72.0 cm³/mol. The molecule has 0 aromatic heterocycles. The van der Waals surface area contributed by atoms with Gasteiger partial charge in [0.15, 0.2) is 5.78 Å². The number of ketones is 1. The van der Waals surface area contributed by atoms with E-state index in [1.165, 1.54) is 0 Å². The normalized spacial score (nSPS) is 28.9. The predicted octanol–water partition coefficient (Wildman–Crippen LogP) is 4.27. The number of rotatable bonds is 3. The summed E-state index contributed by atoms with van der Waals surface area (Å²) in [5, 5.41) is 0.274. The number of benzene rings is 1. The third kappa shape index (κ3) is 3.46. The van der Waals surface area contributed by atoms with Gasteiger partial charge < -0.3 is 0 Å². The van der Waals surface area contributed by atoms with Gasteiger partial charge in [0.1, 0.15) is 0 Å². The van der Waals surface area contributed by atoms with Crippen LogP contribution in [0.3, 0.4) is 0 Å². The number of Topliss-reactive ketones (excluding diaryl/α,β-unsaturated/α-hetero) is 1. The third-order valence-corrected chi connectivity index (χ3v) is 4.34. The van der Waals surface area contributed by atoms with Crippen LogP contribution >= 0.6 is 23.2 Å². The topological polar surface area (TPSA) is 17.1 Å². The molecule has 2 rings (SSSR count). The summed E-state index contributed by atoms with van der Waals surface area (Å²) in [7, 11) is 0. The van der Waals surface area contributed by atoms with E-state index in [0.29, 0.717) is 6.42 Å². The lowest BCUT2D eigenvalue weighted by molar-refractivity contribution is 0.0952. The van der Waals surface area contributed by atoms with Crippen LogP contribution in [0.2, 0.25) is 0 Å². The minimum atomic E-state index is 0.0951. The molecule has 1 aliphatic carbocycles. The minimum Gasteiger partial charge on any atom is -0.294 e. The molecule has 0 radical (unpaired) electrons. The number of hydrogen-bond donors (Lipinski definition) is 0. The van der Waals surface area contributed by atoms with Crippen LogP contribution < -0.4 is 0 Å². The zero-order valence-electron chi connectivity index (χ0n) is 9.61. The van der Waals surface area contributed by atoms with Gasteiger partial charge in [0.05, 0.1) is 0 Å². The van der Waals surface area contributed by atoms with Crippen LogP contribution in [-0.4, -0.2) is 16.5 Å². The van der Waals surface area contributed by atoms with E-state index in [1.807, 2.05) is 30.3 Å². The van der Waals surface area contributed by atoms with Crippen molar-refractivity contribution >= 4 is 29.0 Å². The second-order valence-electron chi connectivity index (χ2n) is 4.68. The zero-order valence-corrected chi connectivity index (χ0v) is 11.1. The molecular formula is C14H16Cl2O. The Bertz CT molecular complexity index is 377. The molecule has 92 valence electrons. The van der Waals surface area contributed by atoms with Crippen LogP contribution in [0.4, 0.5) is 0 Å². The lowest BCUT2D eigenvalue weighted by atomic mass is 9.84. The van der Waals surface area contributed by atoms with Gasteiger partial charge in [-0.3, -0.25) is 4.79 Å². The Morgan fingerprint density at radius 2 is 1.88 bits per heavy atom. The number of alkyl halides is 2. The number of carbonyl (C=O) groups is 1. The van der Waals surface area contributed by atoms with E-state index in [9.17, 15) is 4.79 Å². The summed E-state index contributed by atoms with van der Waals surface area (Å²) in [6.07, 6.45) is 3.25. The lowest BCUT2D eigenvalue weighted by Crippen LogP contribution is -2.27. The molecule has 0 spiro atoms. The highest BCUT2D eigenvalue weighted by Gasteiger charge is 2.29. The molecule has 3 heteroatoms. The van der Waals surface area contributed by atoms with Crippen molar-refractivity contribution in [3.8, 4) is 0 Å². The second kappa shape index (κ2) is 5.88. The fourth-order valence-electron chi connectivity index (χ4n) is 2.36. The molecule has 0 saturated heterocycles. The highest BCUT2D eigenvalue weighted by molar-refractivity contribution is 6.22. The van der Waals surface area contributed by atoms with Crippen LogP contribution in [0.1, 0.15) is 36.0 Å². The Labute approximate surface area is 112 Å². The van der Waals surface area contributed by atoms with Gasteiger partial charge in [-0.2, -0.15) is 0 Å². The zero-order chi connectivity index (χ0) is 12.3. The lowest BCUT2D eigenvalue weighted by Gasteiger charge is -2.29.